The molecule has 1 aromatic carbocycles. The first-order valence-corrected chi connectivity index (χ1v) is 5.15. The molecule has 0 unspecified atom stereocenters. The molecule has 6 heteroatoms. The van der Waals surface area contributed by atoms with Crippen molar-refractivity contribution in [2.24, 2.45) is 0 Å². The fourth-order valence-corrected chi connectivity index (χ4v) is 1.16. The van der Waals surface area contributed by atoms with E-state index < -0.39 is 10.9 Å². The van der Waals surface area contributed by atoms with Gasteiger partial charge in [0.05, 0.1) is 12.0 Å². The average Bonchev–Trinajstić information content (AvgIpc) is 2.37. The van der Waals surface area contributed by atoms with Gasteiger partial charge in [0.2, 0.25) is 5.70 Å². The van der Waals surface area contributed by atoms with Crippen LogP contribution in [0.4, 0.5) is 0 Å². The summed E-state index contributed by atoms with van der Waals surface area (Å²) in [4.78, 5) is 20.8. The maximum Gasteiger partial charge on any atom is 0.343 e. The molecule has 0 aliphatic heterocycles. The van der Waals surface area contributed by atoms with Crippen molar-refractivity contribution in [3.63, 3.8) is 0 Å². The average molecular weight is 251 g/mol. The fourth-order valence-electron chi connectivity index (χ4n) is 1.16. The second kappa shape index (κ2) is 6.39. The first-order valence-electron chi connectivity index (χ1n) is 5.15. The lowest BCUT2D eigenvalue weighted by molar-refractivity contribution is -0.422. The summed E-state index contributed by atoms with van der Waals surface area (Å²) >= 11 is 0. The molecule has 1 aromatic rings. The summed E-state index contributed by atoms with van der Waals surface area (Å²) in [6.45, 7) is 1.25. The van der Waals surface area contributed by atoms with Crippen molar-refractivity contribution in [1.29, 1.82) is 0 Å². The minimum Gasteiger partial charge on any atom is -0.482 e. The summed E-state index contributed by atoms with van der Waals surface area (Å²) in [6, 6.07) is 6.59. The topological polar surface area (TPSA) is 78.7 Å². The van der Waals surface area contributed by atoms with Crippen LogP contribution in [0.5, 0.6) is 5.75 Å². The zero-order valence-electron chi connectivity index (χ0n) is 10.1. The Morgan fingerprint density at radius 3 is 2.50 bits per heavy atom. The minimum atomic E-state index is -0.469. The molecule has 0 radical (unpaired) electrons. The van der Waals surface area contributed by atoms with Crippen LogP contribution in [0.15, 0.2) is 30.0 Å². The Bertz CT molecular complexity index is 464. The van der Waals surface area contributed by atoms with Crippen LogP contribution in [0.25, 0.3) is 6.08 Å². The van der Waals surface area contributed by atoms with Gasteiger partial charge in [-0.3, -0.25) is 10.1 Å². The van der Waals surface area contributed by atoms with Gasteiger partial charge in [0.15, 0.2) is 6.61 Å². The van der Waals surface area contributed by atoms with Gasteiger partial charge in [0.25, 0.3) is 0 Å². The standard InChI is InChI=1S/C12H13NO5/c1-9(13(15)16)7-10-3-5-11(6-4-10)18-8-12(14)17-2/h3-7H,8H2,1-2H3. The molecule has 0 aromatic heterocycles. The Balaban J connectivity index is 2.66. The Morgan fingerprint density at radius 1 is 1.39 bits per heavy atom. The Kier molecular flexibility index (Phi) is 4.86. The third kappa shape index (κ3) is 4.25. The molecule has 0 bridgehead atoms. The van der Waals surface area contributed by atoms with E-state index in [1.165, 1.54) is 20.1 Å². The van der Waals surface area contributed by atoms with Crippen molar-refractivity contribution in [2.45, 2.75) is 6.92 Å². The highest BCUT2D eigenvalue weighted by molar-refractivity contribution is 5.70. The summed E-state index contributed by atoms with van der Waals surface area (Å²) in [7, 11) is 1.28. The number of benzene rings is 1. The van der Waals surface area contributed by atoms with Gasteiger partial charge in [-0.15, -0.1) is 0 Å². The van der Waals surface area contributed by atoms with Crippen LogP contribution in [-0.2, 0) is 9.53 Å². The molecule has 1 rings (SSSR count). The number of esters is 1. The van der Waals surface area contributed by atoms with Crippen LogP contribution >= 0.6 is 0 Å². The monoisotopic (exact) mass is 251 g/mol. The van der Waals surface area contributed by atoms with E-state index in [2.05, 4.69) is 4.74 Å². The zero-order chi connectivity index (χ0) is 13.5. The molecule has 0 spiro atoms. The van der Waals surface area contributed by atoms with Gasteiger partial charge in [-0.1, -0.05) is 12.1 Å². The number of nitrogens with zero attached hydrogens (tertiary/aromatic N) is 1. The molecular formula is C12H13NO5. The lowest BCUT2D eigenvalue weighted by Gasteiger charge is -2.04. The number of methoxy groups -OCH3 is 1. The van der Waals surface area contributed by atoms with Crippen LogP contribution in [0.3, 0.4) is 0 Å². The number of hydrogen-bond donors (Lipinski definition) is 0. The quantitative estimate of drug-likeness (QED) is 0.453. The summed E-state index contributed by atoms with van der Waals surface area (Å²) in [5, 5.41) is 10.4. The molecular weight excluding hydrogens is 238 g/mol. The van der Waals surface area contributed by atoms with Gasteiger partial charge in [-0.05, 0) is 17.7 Å². The van der Waals surface area contributed by atoms with Crippen LogP contribution in [0.1, 0.15) is 12.5 Å². The first-order chi connectivity index (χ1) is 8.52. The molecule has 0 saturated carbocycles. The predicted octanol–water partition coefficient (Wildman–Crippen LogP) is 1.88. The largest absolute Gasteiger partial charge is 0.482 e. The number of nitro groups is 1. The van der Waals surface area contributed by atoms with Crippen LogP contribution in [0, 0.1) is 10.1 Å². The number of allylic oxidation sites excluding steroid dienone is 1. The second-order valence-corrected chi connectivity index (χ2v) is 3.48. The van der Waals surface area contributed by atoms with Crippen molar-refractivity contribution < 1.29 is 19.2 Å². The minimum absolute atomic E-state index is 0.0539. The lowest BCUT2D eigenvalue weighted by Crippen LogP contribution is -2.12. The van der Waals surface area contributed by atoms with Gasteiger partial charge in [0, 0.05) is 13.0 Å². The summed E-state index contributed by atoms with van der Waals surface area (Å²) in [5.74, 6) is 0.0273. The number of ether oxygens (including phenoxy) is 2. The van der Waals surface area contributed by atoms with Crippen molar-refractivity contribution in [3.8, 4) is 5.75 Å². The third-order valence-corrected chi connectivity index (χ3v) is 2.13. The Hall–Kier alpha value is -2.37. The molecule has 0 heterocycles. The predicted molar refractivity (Wildman–Crippen MR) is 64.6 cm³/mol. The molecule has 18 heavy (non-hydrogen) atoms. The van der Waals surface area contributed by atoms with E-state index in [9.17, 15) is 14.9 Å². The van der Waals surface area contributed by atoms with Gasteiger partial charge in [-0.2, -0.15) is 0 Å². The Labute approximate surface area is 104 Å². The molecule has 0 N–H and O–H groups in total. The van der Waals surface area contributed by atoms with Crippen molar-refractivity contribution in [3.05, 3.63) is 45.6 Å². The van der Waals surface area contributed by atoms with E-state index >= 15 is 0 Å². The summed E-state index contributed by atoms with van der Waals surface area (Å²) in [5.41, 5.74) is 0.743. The van der Waals surface area contributed by atoms with E-state index in [0.717, 1.165) is 0 Å². The highest BCUT2D eigenvalue weighted by atomic mass is 16.6. The molecule has 0 aliphatic rings. The van der Waals surface area contributed by atoms with Crippen molar-refractivity contribution >= 4 is 12.0 Å². The number of carbonyl (C=O) groups is 1. The summed E-state index contributed by atoms with van der Waals surface area (Å²) in [6.07, 6.45) is 1.45. The molecule has 0 fully saturated rings. The molecule has 0 aliphatic carbocycles. The van der Waals surface area contributed by atoms with E-state index in [1.807, 2.05) is 0 Å². The van der Waals surface area contributed by atoms with Gasteiger partial charge in [-0.25, -0.2) is 4.79 Å². The zero-order valence-corrected chi connectivity index (χ0v) is 10.1. The van der Waals surface area contributed by atoms with Crippen LogP contribution in [0.2, 0.25) is 0 Å². The maximum atomic E-state index is 10.8. The van der Waals surface area contributed by atoms with Crippen molar-refractivity contribution in [1.82, 2.24) is 0 Å². The number of hydrogen-bond acceptors (Lipinski definition) is 5. The van der Waals surface area contributed by atoms with Gasteiger partial charge in [0.1, 0.15) is 5.75 Å². The van der Waals surface area contributed by atoms with E-state index in [0.29, 0.717) is 11.3 Å². The number of rotatable bonds is 5. The van der Waals surface area contributed by atoms with E-state index in [-0.39, 0.29) is 12.3 Å². The third-order valence-electron chi connectivity index (χ3n) is 2.13. The molecule has 6 nitrogen and oxygen atoms in total. The SMILES string of the molecule is COC(=O)COc1ccc(C=C(C)[N+](=O)[O-])cc1. The van der Waals surface area contributed by atoms with Crippen LogP contribution < -0.4 is 4.74 Å². The second-order valence-electron chi connectivity index (χ2n) is 3.48. The normalized spacial score (nSPS) is 10.9. The number of carbonyl (C=O) groups excluding carboxylic acids is 1. The molecule has 96 valence electrons. The molecule has 0 amide bonds. The molecule has 0 saturated heterocycles. The maximum absolute atomic E-state index is 10.8. The highest BCUT2D eigenvalue weighted by Crippen LogP contribution is 2.14. The van der Waals surface area contributed by atoms with Crippen LogP contribution in [-0.4, -0.2) is 24.6 Å². The van der Waals surface area contributed by atoms with E-state index in [1.54, 1.807) is 24.3 Å². The van der Waals surface area contributed by atoms with Gasteiger partial charge < -0.3 is 9.47 Å². The van der Waals surface area contributed by atoms with Gasteiger partial charge >= 0.3 is 5.97 Å². The lowest BCUT2D eigenvalue weighted by atomic mass is 10.2. The first kappa shape index (κ1) is 13.7. The smallest absolute Gasteiger partial charge is 0.343 e. The molecule has 0 atom stereocenters. The highest BCUT2D eigenvalue weighted by Gasteiger charge is 2.03. The van der Waals surface area contributed by atoms with E-state index in [4.69, 9.17) is 4.74 Å². The van der Waals surface area contributed by atoms with Crippen molar-refractivity contribution in [2.75, 3.05) is 13.7 Å². The Morgan fingerprint density at radius 2 is 2.00 bits per heavy atom. The fraction of sp³-hybridized carbons (Fsp3) is 0.250. The summed E-state index contributed by atoms with van der Waals surface area (Å²) < 4.78 is 9.56.